The first-order valence-corrected chi connectivity index (χ1v) is 5.96. The van der Waals surface area contributed by atoms with Crippen LogP contribution in [0.3, 0.4) is 0 Å². The monoisotopic (exact) mass is 204 g/mol. The van der Waals surface area contributed by atoms with Crippen molar-refractivity contribution in [2.24, 2.45) is 11.3 Å². The highest BCUT2D eigenvalue weighted by Gasteiger charge is 2.32. The summed E-state index contributed by atoms with van der Waals surface area (Å²) in [6, 6.07) is 0. The standard InChI is InChI=1S/C15H24/c1-6-12(2)9-10-14-13(3)8-7-11-15(14,4)5/h6,9-10,14H,3,7-8,11H2,1-2,4-5H3/b10-9+,12-6+. The molecule has 1 aliphatic rings. The number of rotatable bonds is 2. The van der Waals surface area contributed by atoms with Gasteiger partial charge in [0.1, 0.15) is 0 Å². The minimum Gasteiger partial charge on any atom is -0.0992 e. The van der Waals surface area contributed by atoms with Gasteiger partial charge in [0.15, 0.2) is 0 Å². The Bertz CT molecular complexity index is 289. The number of allylic oxidation sites excluding steroid dienone is 5. The van der Waals surface area contributed by atoms with Crippen molar-refractivity contribution in [1.82, 2.24) is 0 Å². The molecule has 1 saturated carbocycles. The van der Waals surface area contributed by atoms with Gasteiger partial charge in [0.25, 0.3) is 0 Å². The van der Waals surface area contributed by atoms with Gasteiger partial charge in [-0.3, -0.25) is 0 Å². The summed E-state index contributed by atoms with van der Waals surface area (Å²) in [7, 11) is 0. The molecule has 1 aliphatic carbocycles. The molecule has 0 amide bonds. The van der Waals surface area contributed by atoms with E-state index in [9.17, 15) is 0 Å². The third-order valence-electron chi connectivity index (χ3n) is 3.61. The number of hydrogen-bond acceptors (Lipinski definition) is 0. The summed E-state index contributed by atoms with van der Waals surface area (Å²) in [5, 5.41) is 0. The molecule has 84 valence electrons. The van der Waals surface area contributed by atoms with Crippen LogP contribution in [0.4, 0.5) is 0 Å². The van der Waals surface area contributed by atoms with E-state index in [0.29, 0.717) is 11.3 Å². The van der Waals surface area contributed by atoms with Gasteiger partial charge < -0.3 is 0 Å². The van der Waals surface area contributed by atoms with Crippen LogP contribution in [-0.4, -0.2) is 0 Å². The van der Waals surface area contributed by atoms with E-state index in [1.165, 1.54) is 30.4 Å². The third kappa shape index (κ3) is 3.09. The minimum atomic E-state index is 0.389. The first kappa shape index (κ1) is 12.3. The summed E-state index contributed by atoms with van der Waals surface area (Å²) in [4.78, 5) is 0. The summed E-state index contributed by atoms with van der Waals surface area (Å²) < 4.78 is 0. The predicted octanol–water partition coefficient (Wildman–Crippen LogP) is 4.89. The van der Waals surface area contributed by atoms with Crippen LogP contribution >= 0.6 is 0 Å². The second-order valence-corrected chi connectivity index (χ2v) is 5.37. The molecule has 0 nitrogen and oxygen atoms in total. The molecule has 0 bridgehead atoms. The molecule has 0 aliphatic heterocycles. The predicted molar refractivity (Wildman–Crippen MR) is 68.8 cm³/mol. The minimum absolute atomic E-state index is 0.389. The highest BCUT2D eigenvalue weighted by molar-refractivity contribution is 5.23. The van der Waals surface area contributed by atoms with Crippen LogP contribution in [0.25, 0.3) is 0 Å². The summed E-state index contributed by atoms with van der Waals surface area (Å²) in [5.74, 6) is 0.557. The Morgan fingerprint density at radius 3 is 2.67 bits per heavy atom. The van der Waals surface area contributed by atoms with Crippen molar-refractivity contribution in [3.63, 3.8) is 0 Å². The van der Waals surface area contributed by atoms with E-state index >= 15 is 0 Å². The zero-order valence-corrected chi connectivity index (χ0v) is 10.6. The van der Waals surface area contributed by atoms with Crippen LogP contribution < -0.4 is 0 Å². The fraction of sp³-hybridized carbons (Fsp3) is 0.600. The summed E-state index contributed by atoms with van der Waals surface area (Å²) in [6.45, 7) is 13.2. The molecule has 0 aromatic carbocycles. The third-order valence-corrected chi connectivity index (χ3v) is 3.61. The largest absolute Gasteiger partial charge is 0.0992 e. The first-order chi connectivity index (χ1) is 6.97. The Labute approximate surface area is 94.8 Å². The summed E-state index contributed by atoms with van der Waals surface area (Å²) in [6.07, 6.45) is 10.6. The average molecular weight is 204 g/mol. The Balaban J connectivity index is 2.81. The molecule has 0 spiro atoms. The molecular formula is C15H24. The number of hydrogen-bond donors (Lipinski definition) is 0. The van der Waals surface area contributed by atoms with E-state index in [2.05, 4.69) is 52.5 Å². The second-order valence-electron chi connectivity index (χ2n) is 5.37. The molecule has 1 unspecified atom stereocenters. The lowest BCUT2D eigenvalue weighted by molar-refractivity contribution is 0.228. The van der Waals surface area contributed by atoms with E-state index < -0.39 is 0 Å². The van der Waals surface area contributed by atoms with Gasteiger partial charge in [-0.1, -0.05) is 49.8 Å². The lowest BCUT2D eigenvalue weighted by atomic mass is 9.66. The van der Waals surface area contributed by atoms with E-state index in [1.54, 1.807) is 0 Å². The van der Waals surface area contributed by atoms with Crippen LogP contribution in [0.5, 0.6) is 0 Å². The Morgan fingerprint density at radius 2 is 2.13 bits per heavy atom. The average Bonchev–Trinajstić information content (AvgIpc) is 2.15. The van der Waals surface area contributed by atoms with Crippen molar-refractivity contribution in [3.05, 3.63) is 36.0 Å². The molecule has 0 radical (unpaired) electrons. The van der Waals surface area contributed by atoms with Crippen molar-refractivity contribution in [2.45, 2.75) is 47.0 Å². The van der Waals surface area contributed by atoms with Crippen molar-refractivity contribution in [2.75, 3.05) is 0 Å². The van der Waals surface area contributed by atoms with Gasteiger partial charge >= 0.3 is 0 Å². The van der Waals surface area contributed by atoms with Crippen LogP contribution in [-0.2, 0) is 0 Å². The van der Waals surface area contributed by atoms with E-state index in [4.69, 9.17) is 0 Å². The van der Waals surface area contributed by atoms with Gasteiger partial charge in [-0.2, -0.15) is 0 Å². The zero-order valence-electron chi connectivity index (χ0n) is 10.6. The van der Waals surface area contributed by atoms with E-state index in [-0.39, 0.29) is 0 Å². The smallest absolute Gasteiger partial charge is 0.00285 e. The van der Waals surface area contributed by atoms with Crippen LogP contribution in [0.2, 0.25) is 0 Å². The van der Waals surface area contributed by atoms with Gasteiger partial charge in [0.05, 0.1) is 0 Å². The maximum absolute atomic E-state index is 4.22. The van der Waals surface area contributed by atoms with Gasteiger partial charge in [0, 0.05) is 5.92 Å². The Morgan fingerprint density at radius 1 is 1.47 bits per heavy atom. The molecule has 15 heavy (non-hydrogen) atoms. The normalized spacial score (nSPS) is 27.3. The van der Waals surface area contributed by atoms with Crippen molar-refractivity contribution in [1.29, 1.82) is 0 Å². The maximum Gasteiger partial charge on any atom is 0.00285 e. The van der Waals surface area contributed by atoms with E-state index in [0.717, 1.165) is 0 Å². The van der Waals surface area contributed by atoms with Gasteiger partial charge in [-0.25, -0.2) is 0 Å². The Kier molecular flexibility index (Phi) is 3.96. The molecule has 0 aromatic heterocycles. The Hall–Kier alpha value is -0.780. The van der Waals surface area contributed by atoms with Crippen LogP contribution in [0.15, 0.2) is 36.0 Å². The second kappa shape index (κ2) is 4.83. The van der Waals surface area contributed by atoms with Gasteiger partial charge in [-0.05, 0) is 38.5 Å². The van der Waals surface area contributed by atoms with Gasteiger partial charge in [0.2, 0.25) is 0 Å². The summed E-state index contributed by atoms with van der Waals surface area (Å²) in [5.41, 5.74) is 3.13. The SMILES string of the molecule is C=C1CCCC(C)(C)C1/C=C/C(C)=C/C. The molecule has 1 fully saturated rings. The molecule has 1 atom stereocenters. The van der Waals surface area contributed by atoms with Crippen molar-refractivity contribution < 1.29 is 0 Å². The fourth-order valence-corrected chi connectivity index (χ4v) is 2.38. The zero-order chi connectivity index (χ0) is 11.5. The highest BCUT2D eigenvalue weighted by Crippen LogP contribution is 2.43. The highest BCUT2D eigenvalue weighted by atomic mass is 14.4. The molecule has 0 N–H and O–H groups in total. The molecular weight excluding hydrogens is 180 g/mol. The van der Waals surface area contributed by atoms with Crippen LogP contribution in [0, 0.1) is 11.3 Å². The quantitative estimate of drug-likeness (QED) is 0.443. The van der Waals surface area contributed by atoms with Crippen LogP contribution in [0.1, 0.15) is 47.0 Å². The molecule has 1 rings (SSSR count). The molecule has 0 heterocycles. The fourth-order valence-electron chi connectivity index (χ4n) is 2.38. The lowest BCUT2D eigenvalue weighted by Gasteiger charge is -2.38. The molecule has 0 saturated heterocycles. The summed E-state index contributed by atoms with van der Waals surface area (Å²) >= 11 is 0. The lowest BCUT2D eigenvalue weighted by Crippen LogP contribution is -2.27. The molecule has 0 heteroatoms. The molecule has 0 aromatic rings. The maximum atomic E-state index is 4.22. The topological polar surface area (TPSA) is 0 Å². The van der Waals surface area contributed by atoms with Gasteiger partial charge in [-0.15, -0.1) is 0 Å². The van der Waals surface area contributed by atoms with E-state index in [1.807, 2.05) is 0 Å². The van der Waals surface area contributed by atoms with Crippen molar-refractivity contribution >= 4 is 0 Å². The van der Waals surface area contributed by atoms with Crippen molar-refractivity contribution in [3.8, 4) is 0 Å². The first-order valence-electron chi connectivity index (χ1n) is 5.96.